The van der Waals surface area contributed by atoms with Crippen LogP contribution >= 0.6 is 11.3 Å². The highest BCUT2D eigenvalue weighted by Gasteiger charge is 2.09. The molecule has 0 saturated carbocycles. The Kier molecular flexibility index (Phi) is 7.42. The smallest absolute Gasteiger partial charge is 0.331 e. The quantitative estimate of drug-likeness (QED) is 0.261. The molecular formula is C27H24N2O5S. The van der Waals surface area contributed by atoms with Crippen molar-refractivity contribution in [3.63, 3.8) is 0 Å². The van der Waals surface area contributed by atoms with Gasteiger partial charge in [-0.2, -0.15) is 0 Å². The predicted molar refractivity (Wildman–Crippen MR) is 138 cm³/mol. The number of amides is 1. The molecular weight excluding hydrogens is 464 g/mol. The number of fused-ring (bicyclic) bond motifs is 1. The SMILES string of the molecule is COc1ccc(/C=C/C(=O)OCC(=O)Nc2ccc(-c3nc4ccc(C)cc4s3)cc2)cc1OC. The lowest BCUT2D eigenvalue weighted by atomic mass is 10.2. The highest BCUT2D eigenvalue weighted by molar-refractivity contribution is 7.21. The standard InChI is InChI=1S/C27H24N2O5S/c1-17-4-11-21-24(14-17)35-27(29-21)19-7-9-20(10-8-19)28-25(30)16-34-26(31)13-6-18-5-12-22(32-2)23(15-18)33-3/h4-15H,16H2,1-3H3,(H,28,30)/b13-6+. The summed E-state index contributed by atoms with van der Waals surface area (Å²) in [6.07, 6.45) is 2.83. The van der Waals surface area contributed by atoms with Crippen LogP contribution in [0.15, 0.2) is 66.7 Å². The second-order valence-corrected chi connectivity index (χ2v) is 8.70. The number of nitrogens with one attached hydrogen (secondary N) is 1. The number of carbonyl (C=O) groups excluding carboxylic acids is 2. The molecule has 4 rings (SSSR count). The number of methoxy groups -OCH3 is 2. The van der Waals surface area contributed by atoms with E-state index in [-0.39, 0.29) is 0 Å². The highest BCUT2D eigenvalue weighted by atomic mass is 32.1. The van der Waals surface area contributed by atoms with Crippen molar-refractivity contribution < 1.29 is 23.8 Å². The van der Waals surface area contributed by atoms with E-state index in [0.717, 1.165) is 26.4 Å². The lowest BCUT2D eigenvalue weighted by Crippen LogP contribution is -2.20. The second-order valence-electron chi connectivity index (χ2n) is 7.67. The number of aromatic nitrogens is 1. The number of benzene rings is 3. The number of esters is 1. The Morgan fingerprint density at radius 2 is 1.74 bits per heavy atom. The first-order valence-corrected chi connectivity index (χ1v) is 11.6. The summed E-state index contributed by atoms with van der Waals surface area (Å²) in [5, 5.41) is 3.64. The maximum Gasteiger partial charge on any atom is 0.331 e. The van der Waals surface area contributed by atoms with Crippen molar-refractivity contribution in [2.24, 2.45) is 0 Å². The van der Waals surface area contributed by atoms with Crippen LogP contribution in [-0.2, 0) is 14.3 Å². The Balaban J connectivity index is 1.29. The van der Waals surface area contributed by atoms with Gasteiger partial charge in [0.05, 0.1) is 24.4 Å². The summed E-state index contributed by atoms with van der Waals surface area (Å²) in [6, 6.07) is 18.8. The molecule has 0 radical (unpaired) electrons. The molecule has 0 saturated heterocycles. The molecule has 4 aromatic rings. The fourth-order valence-corrected chi connectivity index (χ4v) is 4.42. The molecule has 0 fully saturated rings. The Morgan fingerprint density at radius 3 is 2.49 bits per heavy atom. The van der Waals surface area contributed by atoms with Gasteiger partial charge in [0.1, 0.15) is 5.01 Å². The molecule has 1 aromatic heterocycles. The van der Waals surface area contributed by atoms with E-state index in [0.29, 0.717) is 17.2 Å². The van der Waals surface area contributed by atoms with Gasteiger partial charge in [0.15, 0.2) is 18.1 Å². The average molecular weight is 489 g/mol. The molecule has 0 spiro atoms. The van der Waals surface area contributed by atoms with Crippen molar-refractivity contribution >= 4 is 45.2 Å². The summed E-state index contributed by atoms with van der Waals surface area (Å²) in [4.78, 5) is 28.9. The van der Waals surface area contributed by atoms with Crippen molar-refractivity contribution in [3.05, 3.63) is 77.9 Å². The Labute approximate surface area is 207 Å². The molecule has 3 aromatic carbocycles. The number of ether oxygens (including phenoxy) is 3. The summed E-state index contributed by atoms with van der Waals surface area (Å²) < 4.78 is 16.6. The van der Waals surface area contributed by atoms with Crippen LogP contribution in [0, 0.1) is 6.92 Å². The van der Waals surface area contributed by atoms with E-state index in [2.05, 4.69) is 23.3 Å². The van der Waals surface area contributed by atoms with E-state index in [9.17, 15) is 9.59 Å². The molecule has 0 atom stereocenters. The molecule has 1 heterocycles. The van der Waals surface area contributed by atoms with E-state index in [1.54, 1.807) is 54.9 Å². The van der Waals surface area contributed by atoms with Crippen molar-refractivity contribution in [1.29, 1.82) is 0 Å². The number of thiazole rings is 1. The summed E-state index contributed by atoms with van der Waals surface area (Å²) >= 11 is 1.63. The van der Waals surface area contributed by atoms with Gasteiger partial charge in [-0.25, -0.2) is 9.78 Å². The molecule has 0 aliphatic heterocycles. The lowest BCUT2D eigenvalue weighted by Gasteiger charge is -2.07. The maximum absolute atomic E-state index is 12.2. The highest BCUT2D eigenvalue weighted by Crippen LogP contribution is 2.31. The van der Waals surface area contributed by atoms with Crippen LogP contribution in [0.4, 0.5) is 5.69 Å². The number of carbonyl (C=O) groups is 2. The fraction of sp³-hybridized carbons (Fsp3) is 0.148. The first-order valence-electron chi connectivity index (χ1n) is 10.8. The normalized spacial score (nSPS) is 10.9. The third-order valence-electron chi connectivity index (χ3n) is 5.12. The topological polar surface area (TPSA) is 86.8 Å². The largest absolute Gasteiger partial charge is 0.493 e. The number of hydrogen-bond donors (Lipinski definition) is 1. The molecule has 0 aliphatic rings. The van der Waals surface area contributed by atoms with Crippen LogP contribution in [0.1, 0.15) is 11.1 Å². The van der Waals surface area contributed by atoms with Crippen LogP contribution in [-0.4, -0.2) is 37.7 Å². The molecule has 0 bridgehead atoms. The third kappa shape index (κ3) is 6.04. The van der Waals surface area contributed by atoms with E-state index in [1.165, 1.54) is 18.7 Å². The number of anilines is 1. The minimum atomic E-state index is -0.628. The van der Waals surface area contributed by atoms with Gasteiger partial charge in [-0.1, -0.05) is 12.1 Å². The summed E-state index contributed by atoms with van der Waals surface area (Å²) in [5.41, 5.74) is 4.46. The Hall–Kier alpha value is -4.17. The summed E-state index contributed by atoms with van der Waals surface area (Å²) in [6.45, 7) is 1.66. The summed E-state index contributed by atoms with van der Waals surface area (Å²) in [5.74, 6) is 0.0798. The third-order valence-corrected chi connectivity index (χ3v) is 6.19. The van der Waals surface area contributed by atoms with Crippen LogP contribution in [0.5, 0.6) is 11.5 Å². The molecule has 1 N–H and O–H groups in total. The van der Waals surface area contributed by atoms with Gasteiger partial charge in [-0.05, 0) is 72.7 Å². The van der Waals surface area contributed by atoms with Crippen molar-refractivity contribution in [2.75, 3.05) is 26.1 Å². The van der Waals surface area contributed by atoms with Gasteiger partial charge in [-0.15, -0.1) is 11.3 Å². The Bertz CT molecular complexity index is 1390. The minimum Gasteiger partial charge on any atom is -0.493 e. The molecule has 7 nitrogen and oxygen atoms in total. The van der Waals surface area contributed by atoms with Gasteiger partial charge in [-0.3, -0.25) is 4.79 Å². The first-order chi connectivity index (χ1) is 16.9. The van der Waals surface area contributed by atoms with Crippen molar-refractivity contribution in [3.8, 4) is 22.1 Å². The molecule has 35 heavy (non-hydrogen) atoms. The zero-order valence-corrected chi connectivity index (χ0v) is 20.3. The van der Waals surface area contributed by atoms with Crippen LogP contribution < -0.4 is 14.8 Å². The van der Waals surface area contributed by atoms with Crippen LogP contribution in [0.25, 0.3) is 26.9 Å². The van der Waals surface area contributed by atoms with E-state index in [4.69, 9.17) is 14.2 Å². The van der Waals surface area contributed by atoms with Gasteiger partial charge >= 0.3 is 5.97 Å². The number of nitrogens with zero attached hydrogens (tertiary/aromatic N) is 1. The second kappa shape index (κ2) is 10.8. The molecule has 0 aliphatic carbocycles. The summed E-state index contributed by atoms with van der Waals surface area (Å²) in [7, 11) is 3.08. The number of rotatable bonds is 8. The van der Waals surface area contributed by atoms with Gasteiger partial charge < -0.3 is 19.5 Å². The molecule has 0 unspecified atom stereocenters. The Morgan fingerprint density at radius 1 is 0.971 bits per heavy atom. The van der Waals surface area contributed by atoms with E-state index in [1.807, 2.05) is 24.3 Å². The van der Waals surface area contributed by atoms with E-state index < -0.39 is 18.5 Å². The fourth-order valence-electron chi connectivity index (χ4n) is 3.35. The van der Waals surface area contributed by atoms with Crippen LogP contribution in [0.3, 0.4) is 0 Å². The predicted octanol–water partition coefficient (Wildman–Crippen LogP) is 5.48. The van der Waals surface area contributed by atoms with Gasteiger partial charge in [0.25, 0.3) is 5.91 Å². The maximum atomic E-state index is 12.2. The first kappa shape index (κ1) is 24.0. The zero-order valence-electron chi connectivity index (χ0n) is 19.5. The number of hydrogen-bond acceptors (Lipinski definition) is 7. The minimum absolute atomic E-state index is 0.395. The van der Waals surface area contributed by atoms with Gasteiger partial charge in [0, 0.05) is 17.3 Å². The lowest BCUT2D eigenvalue weighted by molar-refractivity contribution is -0.142. The van der Waals surface area contributed by atoms with Crippen molar-refractivity contribution in [1.82, 2.24) is 4.98 Å². The monoisotopic (exact) mass is 488 g/mol. The average Bonchev–Trinajstić information content (AvgIpc) is 3.29. The van der Waals surface area contributed by atoms with Crippen LogP contribution in [0.2, 0.25) is 0 Å². The molecule has 178 valence electrons. The molecule has 1 amide bonds. The van der Waals surface area contributed by atoms with Crippen molar-refractivity contribution in [2.45, 2.75) is 6.92 Å². The number of aryl methyl sites for hydroxylation is 1. The molecule has 8 heteroatoms. The zero-order chi connectivity index (χ0) is 24.8. The van der Waals surface area contributed by atoms with Gasteiger partial charge in [0.2, 0.25) is 0 Å². The van der Waals surface area contributed by atoms with E-state index >= 15 is 0 Å².